The van der Waals surface area contributed by atoms with Gasteiger partial charge >= 0.3 is 0 Å². The lowest BCUT2D eigenvalue weighted by Crippen LogP contribution is -2.56. The molecule has 2 aromatic rings. The van der Waals surface area contributed by atoms with Crippen LogP contribution in [0.2, 0.25) is 0 Å². The summed E-state index contributed by atoms with van der Waals surface area (Å²) >= 11 is 0. The molecule has 1 aliphatic rings. The quantitative estimate of drug-likeness (QED) is 0.688. The molecule has 0 amide bonds. The fourth-order valence-corrected chi connectivity index (χ4v) is 6.16. The Bertz CT molecular complexity index is 976. The molecule has 0 bridgehead atoms. The van der Waals surface area contributed by atoms with Crippen LogP contribution in [0.5, 0.6) is 11.5 Å². The maximum atomic E-state index is 12.8. The van der Waals surface area contributed by atoms with E-state index in [4.69, 9.17) is 13.9 Å². The van der Waals surface area contributed by atoms with E-state index in [9.17, 15) is 16.8 Å². The van der Waals surface area contributed by atoms with E-state index in [1.807, 2.05) is 0 Å². The summed E-state index contributed by atoms with van der Waals surface area (Å²) in [6.45, 7) is -0.211. The van der Waals surface area contributed by atoms with Gasteiger partial charge < -0.3 is 13.9 Å². The first-order valence-electron chi connectivity index (χ1n) is 7.74. The summed E-state index contributed by atoms with van der Waals surface area (Å²) in [6.07, 6.45) is 1.40. The van der Waals surface area contributed by atoms with E-state index < -0.39 is 25.1 Å². The molecule has 1 aromatic carbocycles. The first kappa shape index (κ1) is 18.7. The Labute approximate surface area is 152 Å². The average Bonchev–Trinajstić information content (AvgIpc) is 3.04. The van der Waals surface area contributed by atoms with Gasteiger partial charge in [-0.1, -0.05) is 0 Å². The van der Waals surface area contributed by atoms with Crippen LogP contribution >= 0.6 is 0 Å². The van der Waals surface area contributed by atoms with Crippen LogP contribution in [0.1, 0.15) is 5.76 Å². The van der Waals surface area contributed by atoms with E-state index in [-0.39, 0.29) is 29.5 Å². The van der Waals surface area contributed by atoms with Gasteiger partial charge in [-0.3, -0.25) is 0 Å². The first-order valence-corrected chi connectivity index (χ1v) is 10.9. The fraction of sp³-hybridized carbons (Fsp3) is 0.375. The number of ether oxygens (including phenoxy) is 2. The van der Waals surface area contributed by atoms with E-state index >= 15 is 0 Å². The van der Waals surface area contributed by atoms with Crippen molar-refractivity contribution in [2.45, 2.75) is 15.9 Å². The van der Waals surface area contributed by atoms with Crippen LogP contribution in [0.4, 0.5) is 0 Å². The lowest BCUT2D eigenvalue weighted by Gasteiger charge is -2.37. The zero-order chi connectivity index (χ0) is 18.9. The second-order valence-corrected chi connectivity index (χ2v) is 10.0. The summed E-state index contributed by atoms with van der Waals surface area (Å²) < 4.78 is 66.8. The zero-order valence-corrected chi connectivity index (χ0v) is 15.9. The highest BCUT2D eigenvalue weighted by Gasteiger charge is 2.44. The summed E-state index contributed by atoms with van der Waals surface area (Å²) in [5, 5.41) is -0.765. The minimum atomic E-state index is -3.89. The number of methoxy groups -OCH3 is 2. The third-order valence-corrected chi connectivity index (χ3v) is 8.09. The number of nitrogens with zero attached hydrogens (tertiary/aromatic N) is 1. The van der Waals surface area contributed by atoms with Crippen molar-refractivity contribution >= 4 is 19.9 Å². The van der Waals surface area contributed by atoms with Crippen LogP contribution in [-0.4, -0.2) is 53.7 Å². The Kier molecular flexibility index (Phi) is 5.00. The predicted molar refractivity (Wildman–Crippen MR) is 93.4 cm³/mol. The van der Waals surface area contributed by atoms with Crippen molar-refractivity contribution in [2.75, 3.05) is 27.3 Å². The summed E-state index contributed by atoms with van der Waals surface area (Å²) in [7, 11) is -4.60. The van der Waals surface area contributed by atoms with Gasteiger partial charge in [0.2, 0.25) is 10.0 Å². The van der Waals surface area contributed by atoms with Gasteiger partial charge in [-0.25, -0.2) is 16.8 Å². The van der Waals surface area contributed by atoms with Crippen LogP contribution in [0.25, 0.3) is 0 Å². The van der Waals surface area contributed by atoms with Crippen molar-refractivity contribution in [3.05, 3.63) is 42.4 Å². The molecule has 0 N–H and O–H groups in total. The number of benzene rings is 1. The molecule has 0 saturated carbocycles. The van der Waals surface area contributed by atoms with Crippen LogP contribution in [-0.2, 0) is 25.6 Å². The van der Waals surface area contributed by atoms with E-state index in [0.717, 1.165) is 4.31 Å². The summed E-state index contributed by atoms with van der Waals surface area (Å²) in [5.74, 6) is 0.626. The molecule has 0 unspecified atom stereocenters. The minimum Gasteiger partial charge on any atom is -0.497 e. The molecule has 0 radical (unpaired) electrons. The maximum Gasteiger partial charge on any atom is 0.246 e. The molecule has 1 saturated heterocycles. The molecule has 1 aliphatic heterocycles. The van der Waals surface area contributed by atoms with Gasteiger partial charge in [-0.05, 0) is 24.3 Å². The molecule has 8 nitrogen and oxygen atoms in total. The number of rotatable bonds is 7. The van der Waals surface area contributed by atoms with E-state index in [1.54, 1.807) is 18.2 Å². The number of sulfone groups is 1. The van der Waals surface area contributed by atoms with Crippen molar-refractivity contribution < 1.29 is 30.7 Å². The fourth-order valence-electron chi connectivity index (χ4n) is 2.66. The molecule has 0 spiro atoms. The molecular formula is C16H19NO7S2. The van der Waals surface area contributed by atoms with E-state index in [1.165, 1.54) is 32.6 Å². The van der Waals surface area contributed by atoms with Crippen LogP contribution in [0, 0.1) is 0 Å². The Morgan fingerprint density at radius 3 is 2.42 bits per heavy atom. The number of furan rings is 1. The Hall–Kier alpha value is -2.04. The maximum absolute atomic E-state index is 12.8. The third-order valence-electron chi connectivity index (χ3n) is 4.23. The van der Waals surface area contributed by atoms with Crippen LogP contribution in [0.15, 0.2) is 45.9 Å². The van der Waals surface area contributed by atoms with Crippen molar-refractivity contribution in [3.63, 3.8) is 0 Å². The lowest BCUT2D eigenvalue weighted by atomic mass is 10.3. The van der Waals surface area contributed by atoms with Crippen molar-refractivity contribution in [3.8, 4) is 11.5 Å². The topological polar surface area (TPSA) is 103 Å². The summed E-state index contributed by atoms with van der Waals surface area (Å²) in [6, 6.07) is 7.63. The van der Waals surface area contributed by atoms with Gasteiger partial charge in [-0.2, -0.15) is 4.31 Å². The molecule has 142 valence electrons. The van der Waals surface area contributed by atoms with Gasteiger partial charge in [0, 0.05) is 19.2 Å². The van der Waals surface area contributed by atoms with Gasteiger partial charge in [0.1, 0.15) is 27.9 Å². The Balaban J connectivity index is 1.78. The summed E-state index contributed by atoms with van der Waals surface area (Å²) in [4.78, 5) is -0.0544. The number of hydrogen-bond acceptors (Lipinski definition) is 7. The van der Waals surface area contributed by atoms with Crippen molar-refractivity contribution in [1.29, 1.82) is 0 Å². The van der Waals surface area contributed by atoms with Gasteiger partial charge in [0.05, 0.1) is 25.7 Å². The van der Waals surface area contributed by atoms with Crippen LogP contribution in [0.3, 0.4) is 0 Å². The lowest BCUT2D eigenvalue weighted by molar-refractivity contribution is 0.306. The molecule has 3 rings (SSSR count). The highest BCUT2D eigenvalue weighted by atomic mass is 32.2. The second-order valence-electron chi connectivity index (χ2n) is 5.85. The smallest absolute Gasteiger partial charge is 0.246 e. The van der Waals surface area contributed by atoms with Gasteiger partial charge in [-0.15, -0.1) is 0 Å². The first-order chi connectivity index (χ1) is 12.3. The van der Waals surface area contributed by atoms with E-state index in [0.29, 0.717) is 11.5 Å². The molecule has 1 aromatic heterocycles. The second kappa shape index (κ2) is 6.93. The molecule has 26 heavy (non-hydrogen) atoms. The monoisotopic (exact) mass is 401 g/mol. The third kappa shape index (κ3) is 3.44. The normalized spacial score (nSPS) is 16.2. The molecule has 0 aliphatic carbocycles. The van der Waals surface area contributed by atoms with Gasteiger partial charge in [0.25, 0.3) is 0 Å². The molecule has 2 heterocycles. The SMILES string of the molecule is COc1ccc(OC)c(S(=O)(=O)N2CC(S(=O)(=O)Cc3ccco3)C2)c1. The van der Waals surface area contributed by atoms with Gasteiger partial charge in [0.15, 0.2) is 9.84 Å². The minimum absolute atomic E-state index is 0.0544. The standard InChI is InChI=1S/C16H19NO7S2/c1-22-12-5-6-15(23-2)16(8-12)26(20,21)17-9-14(10-17)25(18,19)11-13-4-3-7-24-13/h3-8,14H,9-11H2,1-2H3. The number of sulfonamides is 1. The molecular weight excluding hydrogens is 382 g/mol. The largest absolute Gasteiger partial charge is 0.497 e. The van der Waals surface area contributed by atoms with E-state index in [2.05, 4.69) is 0 Å². The van der Waals surface area contributed by atoms with Crippen molar-refractivity contribution in [2.24, 2.45) is 0 Å². The molecule has 0 atom stereocenters. The zero-order valence-electron chi connectivity index (χ0n) is 14.3. The average molecular weight is 401 g/mol. The highest BCUT2D eigenvalue weighted by Crippen LogP contribution is 2.34. The van der Waals surface area contributed by atoms with Crippen LogP contribution < -0.4 is 9.47 Å². The number of hydrogen-bond donors (Lipinski definition) is 0. The summed E-state index contributed by atoms with van der Waals surface area (Å²) in [5.41, 5.74) is 0. The Morgan fingerprint density at radius 1 is 1.12 bits per heavy atom. The van der Waals surface area contributed by atoms with Crippen molar-refractivity contribution in [1.82, 2.24) is 4.31 Å². The highest BCUT2D eigenvalue weighted by molar-refractivity contribution is 7.92. The molecule has 1 fully saturated rings. The molecule has 10 heteroatoms. The predicted octanol–water partition coefficient (Wildman–Crippen LogP) is 1.28. The Morgan fingerprint density at radius 2 is 1.85 bits per heavy atom.